The van der Waals surface area contributed by atoms with E-state index in [0.717, 1.165) is 46.6 Å². The molecule has 160 valence electrons. The van der Waals surface area contributed by atoms with E-state index in [9.17, 15) is 8.42 Å². The molecule has 0 aliphatic heterocycles. The van der Waals surface area contributed by atoms with Crippen LogP contribution in [0.2, 0.25) is 0 Å². The van der Waals surface area contributed by atoms with E-state index in [-0.39, 0.29) is 4.90 Å². The maximum Gasteiger partial charge on any atom is 0.263 e. The molecule has 2 aromatic carbocycles. The van der Waals surface area contributed by atoms with Crippen molar-refractivity contribution in [3.8, 4) is 16.3 Å². The number of thiophene rings is 1. The van der Waals surface area contributed by atoms with Crippen molar-refractivity contribution < 1.29 is 8.42 Å². The summed E-state index contributed by atoms with van der Waals surface area (Å²) in [5.41, 5.74) is 3.71. The Morgan fingerprint density at radius 1 is 1.03 bits per heavy atom. The van der Waals surface area contributed by atoms with Crippen LogP contribution in [0.1, 0.15) is 30.9 Å². The van der Waals surface area contributed by atoms with E-state index in [1.165, 1.54) is 0 Å². The summed E-state index contributed by atoms with van der Waals surface area (Å²) < 4.78 is 30.7. The average Bonchev–Trinajstić information content (AvgIpc) is 3.43. The first-order valence-electron chi connectivity index (χ1n) is 10.3. The molecule has 2 heterocycles. The molecule has 4 rings (SSSR count). The molecule has 0 atom stereocenters. The Kier molecular flexibility index (Phi) is 6.25. The lowest BCUT2D eigenvalue weighted by Gasteiger charge is -2.12. The van der Waals surface area contributed by atoms with Crippen molar-refractivity contribution in [3.05, 3.63) is 83.2 Å². The number of nitrogens with zero attached hydrogens (tertiary/aromatic N) is 2. The summed E-state index contributed by atoms with van der Waals surface area (Å²) in [6.07, 6.45) is 3.15. The lowest BCUT2D eigenvalue weighted by atomic mass is 10.1. The lowest BCUT2D eigenvalue weighted by molar-refractivity contribution is 0.600. The van der Waals surface area contributed by atoms with Crippen LogP contribution in [0, 0.1) is 6.92 Å². The predicted molar refractivity (Wildman–Crippen MR) is 127 cm³/mol. The van der Waals surface area contributed by atoms with Crippen molar-refractivity contribution in [2.45, 2.75) is 38.0 Å². The number of anilines is 1. The summed E-state index contributed by atoms with van der Waals surface area (Å²) in [7, 11) is -3.76. The molecule has 0 fully saturated rings. The van der Waals surface area contributed by atoms with Gasteiger partial charge in [-0.3, -0.25) is 4.72 Å². The number of rotatable bonds is 8. The monoisotopic (exact) mass is 451 g/mol. The highest BCUT2D eigenvalue weighted by Gasteiger charge is 2.20. The number of benzene rings is 2. The van der Waals surface area contributed by atoms with Crippen molar-refractivity contribution in [2.75, 3.05) is 4.72 Å². The van der Waals surface area contributed by atoms with Crippen molar-refractivity contribution in [3.63, 3.8) is 0 Å². The molecule has 2 aromatic heterocycles. The smallest absolute Gasteiger partial charge is 0.263 e. The second-order valence-electron chi connectivity index (χ2n) is 7.44. The van der Waals surface area contributed by atoms with Gasteiger partial charge in [-0.15, -0.1) is 11.3 Å². The largest absolute Gasteiger partial charge is 0.263 e. The third kappa shape index (κ3) is 4.73. The van der Waals surface area contributed by atoms with Gasteiger partial charge in [0.1, 0.15) is 11.5 Å². The molecule has 0 amide bonds. The van der Waals surface area contributed by atoms with E-state index in [2.05, 4.69) is 11.6 Å². The number of hydrogen-bond acceptors (Lipinski definition) is 4. The van der Waals surface area contributed by atoms with Crippen LogP contribution in [-0.4, -0.2) is 18.2 Å². The van der Waals surface area contributed by atoms with Crippen LogP contribution in [-0.2, 0) is 16.4 Å². The average molecular weight is 452 g/mol. The van der Waals surface area contributed by atoms with Gasteiger partial charge in [0.25, 0.3) is 10.0 Å². The molecular weight excluding hydrogens is 426 g/mol. The van der Waals surface area contributed by atoms with Crippen LogP contribution >= 0.6 is 11.3 Å². The Balaban J connectivity index is 1.70. The Morgan fingerprint density at radius 3 is 2.48 bits per heavy atom. The summed E-state index contributed by atoms with van der Waals surface area (Å²) in [4.78, 5) is 1.22. The van der Waals surface area contributed by atoms with E-state index >= 15 is 0 Å². The number of sulfonamides is 1. The van der Waals surface area contributed by atoms with E-state index in [1.807, 2.05) is 60.8 Å². The number of unbranched alkanes of at least 4 members (excludes halogenated alkanes) is 1. The second-order valence-corrected chi connectivity index (χ2v) is 10.1. The van der Waals surface area contributed by atoms with Crippen molar-refractivity contribution in [2.24, 2.45) is 0 Å². The molecule has 0 radical (unpaired) electrons. The Morgan fingerprint density at radius 2 is 1.81 bits per heavy atom. The number of para-hydroxylation sites is 1. The molecule has 0 unspecified atom stereocenters. The highest BCUT2D eigenvalue weighted by Crippen LogP contribution is 2.30. The Labute approximate surface area is 187 Å². The summed E-state index contributed by atoms with van der Waals surface area (Å²) in [5, 5.41) is 6.69. The third-order valence-electron chi connectivity index (χ3n) is 5.12. The maximum atomic E-state index is 13.1. The number of nitrogens with one attached hydrogen (secondary N) is 1. The Bertz CT molecular complexity index is 1260. The highest BCUT2D eigenvalue weighted by atomic mass is 32.2. The first kappa shape index (κ1) is 21.3. The molecule has 1 N–H and O–H groups in total. The van der Waals surface area contributed by atoms with Gasteiger partial charge in [-0.1, -0.05) is 49.7 Å². The van der Waals surface area contributed by atoms with Gasteiger partial charge in [0.15, 0.2) is 0 Å². The SMILES string of the molecule is CCCCc1ccc(S(=O)(=O)Nc2cc(-c3cccs3)nn2-c2ccccc2C)cc1. The highest BCUT2D eigenvalue weighted by molar-refractivity contribution is 7.92. The molecule has 4 aromatic rings. The summed E-state index contributed by atoms with van der Waals surface area (Å²) >= 11 is 1.57. The summed E-state index contributed by atoms with van der Waals surface area (Å²) in [6, 6.07) is 20.6. The molecule has 5 nitrogen and oxygen atoms in total. The first-order chi connectivity index (χ1) is 15.0. The molecule has 0 aliphatic rings. The van der Waals surface area contributed by atoms with Crippen LogP contribution in [0.5, 0.6) is 0 Å². The zero-order chi connectivity index (χ0) is 21.8. The maximum absolute atomic E-state index is 13.1. The minimum atomic E-state index is -3.76. The van der Waals surface area contributed by atoms with E-state index in [0.29, 0.717) is 5.82 Å². The standard InChI is InChI=1S/C24H25N3O2S2/c1-3-4-9-19-12-14-20(15-13-19)31(28,29)26-24-17-21(23-11-7-16-30-23)25-27(24)22-10-6-5-8-18(22)2/h5-8,10-17,26H,3-4,9H2,1-2H3. The Hall–Kier alpha value is -2.90. The number of hydrogen-bond donors (Lipinski definition) is 1. The summed E-state index contributed by atoms with van der Waals surface area (Å²) in [5.74, 6) is 0.410. The van der Waals surface area contributed by atoms with Gasteiger partial charge >= 0.3 is 0 Å². The fourth-order valence-electron chi connectivity index (χ4n) is 3.40. The summed E-state index contributed by atoms with van der Waals surface area (Å²) in [6.45, 7) is 4.12. The molecule has 0 bridgehead atoms. The van der Waals surface area contributed by atoms with Gasteiger partial charge in [0.05, 0.1) is 15.5 Å². The van der Waals surface area contributed by atoms with Gasteiger partial charge in [-0.05, 0) is 60.5 Å². The topological polar surface area (TPSA) is 64.0 Å². The van der Waals surface area contributed by atoms with Gasteiger partial charge in [0, 0.05) is 6.07 Å². The van der Waals surface area contributed by atoms with E-state index < -0.39 is 10.0 Å². The van der Waals surface area contributed by atoms with E-state index in [1.54, 1.807) is 34.2 Å². The van der Waals surface area contributed by atoms with Gasteiger partial charge in [0.2, 0.25) is 0 Å². The molecule has 0 saturated heterocycles. The van der Waals surface area contributed by atoms with Crippen molar-refractivity contribution >= 4 is 27.2 Å². The fourth-order valence-corrected chi connectivity index (χ4v) is 5.11. The number of aryl methyl sites for hydroxylation is 2. The molecule has 0 saturated carbocycles. The quantitative estimate of drug-likeness (QED) is 0.354. The third-order valence-corrected chi connectivity index (χ3v) is 7.38. The van der Waals surface area contributed by atoms with Crippen LogP contribution in [0.3, 0.4) is 0 Å². The predicted octanol–water partition coefficient (Wildman–Crippen LogP) is 6.05. The second kappa shape index (κ2) is 9.08. The molecule has 7 heteroatoms. The first-order valence-corrected chi connectivity index (χ1v) is 12.7. The molecule has 0 spiro atoms. The van der Waals surface area contributed by atoms with Gasteiger partial charge in [-0.2, -0.15) is 5.10 Å². The van der Waals surface area contributed by atoms with Gasteiger partial charge < -0.3 is 0 Å². The van der Waals surface area contributed by atoms with Crippen LogP contribution in [0.4, 0.5) is 5.82 Å². The van der Waals surface area contributed by atoms with Crippen molar-refractivity contribution in [1.82, 2.24) is 9.78 Å². The zero-order valence-corrected chi connectivity index (χ0v) is 19.2. The van der Waals surface area contributed by atoms with E-state index in [4.69, 9.17) is 5.10 Å². The minimum Gasteiger partial charge on any atom is -0.263 e. The molecule has 0 aliphatic carbocycles. The minimum absolute atomic E-state index is 0.239. The van der Waals surface area contributed by atoms with Crippen LogP contribution in [0.15, 0.2) is 77.0 Å². The normalized spacial score (nSPS) is 11.5. The lowest BCUT2D eigenvalue weighted by Crippen LogP contribution is -2.16. The van der Waals surface area contributed by atoms with Crippen molar-refractivity contribution in [1.29, 1.82) is 0 Å². The van der Waals surface area contributed by atoms with Crippen LogP contribution < -0.4 is 4.72 Å². The van der Waals surface area contributed by atoms with Crippen LogP contribution in [0.25, 0.3) is 16.3 Å². The number of aromatic nitrogens is 2. The zero-order valence-electron chi connectivity index (χ0n) is 17.6. The molecule has 31 heavy (non-hydrogen) atoms. The fraction of sp³-hybridized carbons (Fsp3) is 0.208. The van der Waals surface area contributed by atoms with Gasteiger partial charge in [-0.25, -0.2) is 13.1 Å². The molecular formula is C24H25N3O2S2.